The van der Waals surface area contributed by atoms with Gasteiger partial charge in [0.1, 0.15) is 0 Å². The van der Waals surface area contributed by atoms with Crippen molar-refractivity contribution in [3.63, 3.8) is 0 Å². The fourth-order valence-corrected chi connectivity index (χ4v) is 2.67. The second kappa shape index (κ2) is 4.60. The summed E-state index contributed by atoms with van der Waals surface area (Å²) >= 11 is 1.63. The zero-order chi connectivity index (χ0) is 10.8. The minimum Gasteiger partial charge on any atom is -0.390 e. The molecule has 84 valence electrons. The third-order valence-electron chi connectivity index (χ3n) is 2.91. The summed E-state index contributed by atoms with van der Waals surface area (Å²) in [5, 5.41) is 13.1. The monoisotopic (exact) mass is 227 g/mol. The number of rotatable bonds is 3. The average Bonchev–Trinajstić information content (AvgIpc) is 2.75. The Balaban J connectivity index is 1.94. The van der Waals surface area contributed by atoms with Gasteiger partial charge in [0.2, 0.25) is 0 Å². The zero-order valence-corrected chi connectivity index (χ0v) is 9.96. The number of aryl methyl sites for hydroxylation is 1. The number of aliphatic hydroxyl groups excluding tert-OH is 1. The van der Waals surface area contributed by atoms with Gasteiger partial charge in [-0.3, -0.25) is 0 Å². The predicted molar refractivity (Wildman–Crippen MR) is 60.1 cm³/mol. The summed E-state index contributed by atoms with van der Waals surface area (Å²) in [5.74, 6) is 0.458. The Bertz CT molecular complexity index is 326. The molecule has 0 radical (unpaired) electrons. The maximum atomic E-state index is 10.0. The molecular formula is C11H17NO2S. The van der Waals surface area contributed by atoms with Crippen molar-refractivity contribution in [1.29, 1.82) is 0 Å². The first kappa shape index (κ1) is 11.0. The Labute approximate surface area is 94.1 Å². The molecule has 1 aromatic heterocycles. The fourth-order valence-electron chi connectivity index (χ4n) is 2.04. The second-order valence-corrected chi connectivity index (χ2v) is 5.29. The van der Waals surface area contributed by atoms with Crippen LogP contribution in [0.25, 0.3) is 0 Å². The number of hydrogen-bond acceptors (Lipinski definition) is 4. The number of aromatic nitrogens is 1. The molecule has 0 bridgehead atoms. The van der Waals surface area contributed by atoms with Gasteiger partial charge in [-0.25, -0.2) is 4.98 Å². The SMILES string of the molecule is Cc1nc(CC(O)C2OCCC2C)cs1. The lowest BCUT2D eigenvalue weighted by Crippen LogP contribution is -2.31. The van der Waals surface area contributed by atoms with Gasteiger partial charge in [0.25, 0.3) is 0 Å². The Hall–Kier alpha value is -0.450. The van der Waals surface area contributed by atoms with Crippen LogP contribution in [0.2, 0.25) is 0 Å². The first-order valence-corrected chi connectivity index (χ1v) is 6.25. The minimum absolute atomic E-state index is 0.00740. The van der Waals surface area contributed by atoms with E-state index in [1.807, 2.05) is 12.3 Å². The Morgan fingerprint density at radius 3 is 3.07 bits per heavy atom. The highest BCUT2D eigenvalue weighted by atomic mass is 32.1. The first-order chi connectivity index (χ1) is 7.16. The third kappa shape index (κ3) is 2.56. The topological polar surface area (TPSA) is 42.4 Å². The van der Waals surface area contributed by atoms with E-state index >= 15 is 0 Å². The highest BCUT2D eigenvalue weighted by molar-refractivity contribution is 7.09. The molecule has 1 aromatic rings. The number of aliphatic hydroxyl groups is 1. The molecule has 2 heterocycles. The summed E-state index contributed by atoms with van der Waals surface area (Å²) in [7, 11) is 0. The summed E-state index contributed by atoms with van der Waals surface area (Å²) in [4.78, 5) is 4.35. The molecule has 0 aromatic carbocycles. The van der Waals surface area contributed by atoms with E-state index in [9.17, 15) is 5.11 Å². The lowest BCUT2D eigenvalue weighted by molar-refractivity contribution is -0.0161. The summed E-state index contributed by atoms with van der Waals surface area (Å²) in [6.45, 7) is 4.89. The average molecular weight is 227 g/mol. The summed E-state index contributed by atoms with van der Waals surface area (Å²) in [6, 6.07) is 0. The molecule has 1 fully saturated rings. The van der Waals surface area contributed by atoms with Crippen molar-refractivity contribution in [2.75, 3.05) is 6.61 Å². The van der Waals surface area contributed by atoms with E-state index in [2.05, 4.69) is 11.9 Å². The molecule has 0 amide bonds. The van der Waals surface area contributed by atoms with Gasteiger partial charge in [0.15, 0.2) is 0 Å². The Kier molecular flexibility index (Phi) is 3.38. The predicted octanol–water partition coefficient (Wildman–Crippen LogP) is 1.78. The molecule has 1 aliphatic rings. The van der Waals surface area contributed by atoms with E-state index in [0.717, 1.165) is 23.7 Å². The fraction of sp³-hybridized carbons (Fsp3) is 0.727. The summed E-state index contributed by atoms with van der Waals surface area (Å²) in [5.41, 5.74) is 0.979. The first-order valence-electron chi connectivity index (χ1n) is 5.37. The molecular weight excluding hydrogens is 210 g/mol. The van der Waals surface area contributed by atoms with Gasteiger partial charge >= 0.3 is 0 Å². The normalized spacial score (nSPS) is 28.2. The van der Waals surface area contributed by atoms with Crippen LogP contribution in [0.15, 0.2) is 5.38 Å². The number of nitrogens with zero attached hydrogens (tertiary/aromatic N) is 1. The van der Waals surface area contributed by atoms with E-state index in [4.69, 9.17) is 4.74 Å². The van der Waals surface area contributed by atoms with Crippen molar-refractivity contribution in [2.45, 2.75) is 38.9 Å². The van der Waals surface area contributed by atoms with Gasteiger partial charge in [-0.1, -0.05) is 6.92 Å². The molecule has 3 atom stereocenters. The van der Waals surface area contributed by atoms with Crippen LogP contribution in [0.1, 0.15) is 24.0 Å². The minimum atomic E-state index is -0.413. The zero-order valence-electron chi connectivity index (χ0n) is 9.14. The number of hydrogen-bond donors (Lipinski definition) is 1. The Morgan fingerprint density at radius 2 is 2.53 bits per heavy atom. The van der Waals surface area contributed by atoms with Crippen LogP contribution in [-0.2, 0) is 11.2 Å². The van der Waals surface area contributed by atoms with Crippen molar-refractivity contribution in [2.24, 2.45) is 5.92 Å². The van der Waals surface area contributed by atoms with Crippen molar-refractivity contribution >= 4 is 11.3 Å². The number of ether oxygens (including phenoxy) is 1. The molecule has 0 spiro atoms. The molecule has 3 unspecified atom stereocenters. The third-order valence-corrected chi connectivity index (χ3v) is 3.73. The van der Waals surface area contributed by atoms with Gasteiger partial charge < -0.3 is 9.84 Å². The maximum absolute atomic E-state index is 10.0. The molecule has 1 N–H and O–H groups in total. The standard InChI is InChI=1S/C11H17NO2S/c1-7-3-4-14-11(7)10(13)5-9-6-15-8(2)12-9/h6-7,10-11,13H,3-5H2,1-2H3. The highest BCUT2D eigenvalue weighted by Gasteiger charge is 2.31. The van der Waals surface area contributed by atoms with Crippen LogP contribution >= 0.6 is 11.3 Å². The lowest BCUT2D eigenvalue weighted by atomic mass is 9.97. The van der Waals surface area contributed by atoms with Gasteiger partial charge in [-0.15, -0.1) is 11.3 Å². The van der Waals surface area contributed by atoms with Gasteiger partial charge in [0, 0.05) is 18.4 Å². The van der Waals surface area contributed by atoms with Crippen molar-refractivity contribution in [3.05, 3.63) is 16.1 Å². The van der Waals surface area contributed by atoms with E-state index in [1.165, 1.54) is 0 Å². The molecule has 1 saturated heterocycles. The maximum Gasteiger partial charge on any atom is 0.0897 e. The van der Waals surface area contributed by atoms with Crippen molar-refractivity contribution < 1.29 is 9.84 Å². The van der Waals surface area contributed by atoms with Crippen LogP contribution < -0.4 is 0 Å². The second-order valence-electron chi connectivity index (χ2n) is 4.23. The molecule has 3 nitrogen and oxygen atoms in total. The van der Waals surface area contributed by atoms with E-state index in [0.29, 0.717) is 12.3 Å². The largest absolute Gasteiger partial charge is 0.390 e. The Morgan fingerprint density at radius 1 is 1.73 bits per heavy atom. The quantitative estimate of drug-likeness (QED) is 0.856. The molecule has 0 saturated carbocycles. The summed E-state index contributed by atoms with van der Waals surface area (Å²) < 4.78 is 5.53. The lowest BCUT2D eigenvalue weighted by Gasteiger charge is -2.20. The van der Waals surface area contributed by atoms with Gasteiger partial charge in [-0.05, 0) is 19.3 Å². The van der Waals surface area contributed by atoms with Crippen LogP contribution in [0.3, 0.4) is 0 Å². The van der Waals surface area contributed by atoms with E-state index < -0.39 is 6.10 Å². The summed E-state index contributed by atoms with van der Waals surface area (Å²) in [6.07, 6.45) is 1.24. The molecule has 15 heavy (non-hydrogen) atoms. The van der Waals surface area contributed by atoms with Crippen molar-refractivity contribution in [3.8, 4) is 0 Å². The van der Waals surface area contributed by atoms with E-state index in [1.54, 1.807) is 11.3 Å². The van der Waals surface area contributed by atoms with Crippen LogP contribution in [-0.4, -0.2) is 28.9 Å². The van der Waals surface area contributed by atoms with Crippen LogP contribution in [0.5, 0.6) is 0 Å². The highest BCUT2D eigenvalue weighted by Crippen LogP contribution is 2.24. The smallest absolute Gasteiger partial charge is 0.0897 e. The van der Waals surface area contributed by atoms with E-state index in [-0.39, 0.29) is 6.10 Å². The molecule has 4 heteroatoms. The molecule has 0 aliphatic carbocycles. The van der Waals surface area contributed by atoms with Gasteiger partial charge in [-0.2, -0.15) is 0 Å². The van der Waals surface area contributed by atoms with Crippen LogP contribution in [0.4, 0.5) is 0 Å². The van der Waals surface area contributed by atoms with Gasteiger partial charge in [0.05, 0.1) is 22.9 Å². The van der Waals surface area contributed by atoms with Crippen molar-refractivity contribution in [1.82, 2.24) is 4.98 Å². The van der Waals surface area contributed by atoms with Crippen LogP contribution in [0, 0.1) is 12.8 Å². The molecule has 1 aliphatic heterocycles. The number of thiazole rings is 1. The molecule has 2 rings (SSSR count).